The molecule has 9 heteroatoms. The predicted octanol–water partition coefficient (Wildman–Crippen LogP) is 1.83. The van der Waals surface area contributed by atoms with Gasteiger partial charge in [-0.2, -0.15) is 0 Å². The number of hydrogen-bond acceptors (Lipinski definition) is 5. The van der Waals surface area contributed by atoms with Crippen molar-refractivity contribution < 1.29 is 23.9 Å². The van der Waals surface area contributed by atoms with Crippen LogP contribution in [0.1, 0.15) is 28.8 Å². The van der Waals surface area contributed by atoms with Gasteiger partial charge in [-0.3, -0.25) is 14.4 Å². The number of nitrogens with one attached hydrogen (secondary N) is 2. The molecule has 1 aliphatic rings. The molecule has 1 unspecified atom stereocenters. The average molecular weight is 446 g/mol. The highest BCUT2D eigenvalue weighted by Crippen LogP contribution is 2.36. The quantitative estimate of drug-likeness (QED) is 0.515. The minimum atomic E-state index is -0.758. The van der Waals surface area contributed by atoms with Crippen LogP contribution in [0.4, 0.5) is 0 Å². The second-order valence-electron chi connectivity index (χ2n) is 7.24. The molecule has 2 aromatic carbocycles. The number of hydrogen-bond donors (Lipinski definition) is 3. The summed E-state index contributed by atoms with van der Waals surface area (Å²) in [5.74, 6) is -1.13. The highest BCUT2D eigenvalue weighted by Gasteiger charge is 2.29. The van der Waals surface area contributed by atoms with Crippen LogP contribution in [0.3, 0.4) is 0 Å². The Balaban J connectivity index is 1.78. The number of carbonyl (C=O) groups excluding carboxylic acids is 3. The Morgan fingerprint density at radius 1 is 1.19 bits per heavy atom. The number of halogens is 1. The fourth-order valence-electron chi connectivity index (χ4n) is 2.96. The van der Waals surface area contributed by atoms with E-state index in [-0.39, 0.29) is 40.6 Å². The number of benzene rings is 2. The van der Waals surface area contributed by atoms with E-state index in [4.69, 9.17) is 26.8 Å². The monoisotopic (exact) mass is 445 g/mol. The Labute approximate surface area is 185 Å². The smallest absolute Gasteiger partial charge is 0.255 e. The molecule has 0 aliphatic heterocycles. The van der Waals surface area contributed by atoms with E-state index in [2.05, 4.69) is 10.6 Å². The summed E-state index contributed by atoms with van der Waals surface area (Å²) in [6.45, 7) is -0.387. The lowest BCUT2D eigenvalue weighted by Crippen LogP contribution is -2.48. The zero-order valence-electron chi connectivity index (χ0n) is 17.0. The van der Waals surface area contributed by atoms with Gasteiger partial charge in [0.1, 0.15) is 6.04 Å². The van der Waals surface area contributed by atoms with E-state index in [1.54, 1.807) is 0 Å². The Morgan fingerprint density at radius 3 is 2.52 bits per heavy atom. The molecule has 1 fully saturated rings. The van der Waals surface area contributed by atoms with Crippen molar-refractivity contribution in [1.29, 1.82) is 0 Å². The number of amides is 3. The Morgan fingerprint density at radius 2 is 1.90 bits per heavy atom. The molecule has 0 spiro atoms. The maximum atomic E-state index is 12.9. The molecular formula is C22H24ClN3O5. The van der Waals surface area contributed by atoms with Crippen molar-refractivity contribution in [3.05, 3.63) is 58.6 Å². The Bertz CT molecular complexity index is 963. The van der Waals surface area contributed by atoms with E-state index in [9.17, 15) is 14.4 Å². The molecule has 31 heavy (non-hydrogen) atoms. The van der Waals surface area contributed by atoms with Crippen LogP contribution in [-0.2, 0) is 16.0 Å². The zero-order chi connectivity index (χ0) is 22.4. The minimum Gasteiger partial charge on any atom is -0.493 e. The number of carbonyl (C=O) groups is 3. The van der Waals surface area contributed by atoms with E-state index >= 15 is 0 Å². The molecule has 3 amide bonds. The first-order valence-corrected chi connectivity index (χ1v) is 10.2. The second kappa shape index (κ2) is 10.2. The van der Waals surface area contributed by atoms with Gasteiger partial charge in [-0.1, -0.05) is 41.9 Å². The first-order chi connectivity index (χ1) is 14.9. The summed E-state index contributed by atoms with van der Waals surface area (Å²) in [5, 5.41) is 5.79. The molecule has 0 bridgehead atoms. The van der Waals surface area contributed by atoms with Gasteiger partial charge in [-0.15, -0.1) is 0 Å². The topological polar surface area (TPSA) is 120 Å². The lowest BCUT2D eigenvalue weighted by molar-refractivity contribution is -0.123. The summed E-state index contributed by atoms with van der Waals surface area (Å²) in [7, 11) is 1.38. The van der Waals surface area contributed by atoms with Crippen LogP contribution < -0.4 is 25.8 Å². The van der Waals surface area contributed by atoms with Crippen molar-refractivity contribution in [3.8, 4) is 11.5 Å². The lowest BCUT2D eigenvalue weighted by atomic mass is 10.0. The fraction of sp³-hybridized carbons (Fsp3) is 0.318. The fourth-order valence-corrected chi connectivity index (χ4v) is 3.23. The largest absolute Gasteiger partial charge is 0.493 e. The molecular weight excluding hydrogens is 422 g/mol. The highest BCUT2D eigenvalue weighted by molar-refractivity contribution is 6.32. The summed E-state index contributed by atoms with van der Waals surface area (Å²) < 4.78 is 10.5. The molecule has 8 nitrogen and oxygen atoms in total. The molecule has 1 aliphatic carbocycles. The van der Waals surface area contributed by atoms with E-state index in [1.165, 1.54) is 19.2 Å². The normalized spacial score (nSPS) is 13.7. The summed E-state index contributed by atoms with van der Waals surface area (Å²) >= 11 is 6.23. The molecule has 0 saturated heterocycles. The van der Waals surface area contributed by atoms with Crippen LogP contribution in [-0.4, -0.2) is 43.5 Å². The molecule has 0 radical (unpaired) electrons. The molecule has 2 aromatic rings. The molecule has 0 aromatic heterocycles. The van der Waals surface area contributed by atoms with Crippen LogP contribution in [0.5, 0.6) is 11.5 Å². The number of primary amides is 1. The van der Waals surface area contributed by atoms with Gasteiger partial charge < -0.3 is 25.8 Å². The van der Waals surface area contributed by atoms with Crippen LogP contribution >= 0.6 is 11.6 Å². The van der Waals surface area contributed by atoms with Gasteiger partial charge in [-0.05, 0) is 30.5 Å². The number of rotatable bonds is 10. The van der Waals surface area contributed by atoms with Crippen molar-refractivity contribution in [2.24, 2.45) is 5.73 Å². The summed E-state index contributed by atoms with van der Waals surface area (Å²) in [6.07, 6.45) is 2.23. The molecule has 164 valence electrons. The highest BCUT2D eigenvalue weighted by atomic mass is 35.5. The molecule has 4 N–H and O–H groups in total. The van der Waals surface area contributed by atoms with Crippen molar-refractivity contribution in [1.82, 2.24) is 10.6 Å². The van der Waals surface area contributed by atoms with Crippen LogP contribution in [0.2, 0.25) is 5.02 Å². The first-order valence-electron chi connectivity index (χ1n) is 9.81. The van der Waals surface area contributed by atoms with Gasteiger partial charge in [-0.25, -0.2) is 0 Å². The SMILES string of the molecule is COc1cc(C(=O)NC(Cc2ccccc2)C(=O)NC2CC2)cc(Cl)c1OCC(N)=O. The summed E-state index contributed by atoms with van der Waals surface area (Å²) in [5.41, 5.74) is 6.20. The standard InChI is InChI=1S/C22H24ClN3O5/c1-30-18-11-14(10-16(23)20(18)31-12-19(24)27)21(28)26-17(22(29)25-15-7-8-15)9-13-5-3-2-4-6-13/h2-6,10-11,15,17H,7-9,12H2,1H3,(H2,24,27)(H,25,29)(H,26,28). The predicted molar refractivity (Wildman–Crippen MR) is 115 cm³/mol. The molecule has 1 atom stereocenters. The van der Waals surface area contributed by atoms with Gasteiger partial charge in [0.15, 0.2) is 18.1 Å². The van der Waals surface area contributed by atoms with Crippen LogP contribution in [0.25, 0.3) is 0 Å². The van der Waals surface area contributed by atoms with Crippen molar-refractivity contribution >= 4 is 29.3 Å². The average Bonchev–Trinajstić information content (AvgIpc) is 3.56. The van der Waals surface area contributed by atoms with Gasteiger partial charge in [0.05, 0.1) is 12.1 Å². The minimum absolute atomic E-state index is 0.0767. The first kappa shape index (κ1) is 22.4. The second-order valence-corrected chi connectivity index (χ2v) is 7.65. The summed E-state index contributed by atoms with van der Waals surface area (Å²) in [4.78, 5) is 36.6. The molecule has 0 heterocycles. The van der Waals surface area contributed by atoms with Crippen molar-refractivity contribution in [2.75, 3.05) is 13.7 Å². The maximum Gasteiger partial charge on any atom is 0.255 e. The van der Waals surface area contributed by atoms with Crippen molar-refractivity contribution in [2.45, 2.75) is 31.3 Å². The number of nitrogens with two attached hydrogens (primary N) is 1. The van der Waals surface area contributed by atoms with E-state index in [0.29, 0.717) is 6.42 Å². The number of methoxy groups -OCH3 is 1. The van der Waals surface area contributed by atoms with Gasteiger partial charge >= 0.3 is 0 Å². The zero-order valence-corrected chi connectivity index (χ0v) is 17.8. The van der Waals surface area contributed by atoms with Crippen molar-refractivity contribution in [3.63, 3.8) is 0 Å². The van der Waals surface area contributed by atoms with Crippen LogP contribution in [0.15, 0.2) is 42.5 Å². The Kier molecular flexibility index (Phi) is 7.36. The molecule has 1 saturated carbocycles. The number of ether oxygens (including phenoxy) is 2. The third-order valence-corrected chi connectivity index (χ3v) is 4.96. The van der Waals surface area contributed by atoms with Gasteiger partial charge in [0.25, 0.3) is 11.8 Å². The summed E-state index contributed by atoms with van der Waals surface area (Å²) in [6, 6.07) is 11.7. The Hall–Kier alpha value is -3.26. The molecule has 3 rings (SSSR count). The van der Waals surface area contributed by atoms with E-state index in [0.717, 1.165) is 18.4 Å². The van der Waals surface area contributed by atoms with Gasteiger partial charge in [0.2, 0.25) is 5.91 Å². The van der Waals surface area contributed by atoms with E-state index in [1.807, 2.05) is 30.3 Å². The third kappa shape index (κ3) is 6.36. The van der Waals surface area contributed by atoms with E-state index < -0.39 is 17.9 Å². The lowest BCUT2D eigenvalue weighted by Gasteiger charge is -2.19. The maximum absolute atomic E-state index is 12.9. The van der Waals surface area contributed by atoms with Gasteiger partial charge in [0, 0.05) is 18.0 Å². The van der Waals surface area contributed by atoms with Crippen LogP contribution in [0, 0.1) is 0 Å². The third-order valence-electron chi connectivity index (χ3n) is 4.68.